The molecule has 0 saturated carbocycles. The Morgan fingerprint density at radius 3 is 2.29 bits per heavy atom. The quantitative estimate of drug-likeness (QED) is 0.586. The van der Waals surface area contributed by atoms with Gasteiger partial charge in [-0.05, 0) is 12.3 Å². The molecule has 0 aliphatic rings. The third kappa shape index (κ3) is 10.4. The number of ether oxygens (including phenoxy) is 1. The lowest BCUT2D eigenvalue weighted by molar-refractivity contribution is -0.144. The SMILES string of the molecule is CC(C)CCOC(=O)[C@@H](N)CS.Cl.Cl. The maximum absolute atomic E-state index is 11.0. The fraction of sp³-hybridized carbons (Fsp3) is 0.875. The first kappa shape index (κ1) is 19.9. The van der Waals surface area contributed by atoms with Crippen molar-refractivity contribution in [1.82, 2.24) is 0 Å². The van der Waals surface area contributed by atoms with E-state index in [1.165, 1.54) is 0 Å². The second-order valence-corrected chi connectivity index (χ2v) is 3.50. The Hall–Kier alpha value is 0.360. The zero-order valence-electron chi connectivity index (χ0n) is 8.43. The fourth-order valence-electron chi connectivity index (χ4n) is 0.577. The summed E-state index contributed by atoms with van der Waals surface area (Å²) in [7, 11) is 0. The molecule has 0 heterocycles. The van der Waals surface area contributed by atoms with Crippen molar-refractivity contribution in [3.8, 4) is 0 Å². The third-order valence-corrected chi connectivity index (χ3v) is 1.83. The van der Waals surface area contributed by atoms with Crippen LogP contribution in [0, 0.1) is 5.92 Å². The summed E-state index contributed by atoms with van der Waals surface area (Å²) in [5, 5.41) is 0. The van der Waals surface area contributed by atoms with E-state index in [4.69, 9.17) is 10.5 Å². The van der Waals surface area contributed by atoms with Gasteiger partial charge in [-0.25, -0.2) is 0 Å². The largest absolute Gasteiger partial charge is 0.465 e. The van der Waals surface area contributed by atoms with E-state index in [0.29, 0.717) is 18.3 Å². The second-order valence-electron chi connectivity index (χ2n) is 3.14. The number of hydrogen-bond acceptors (Lipinski definition) is 4. The van der Waals surface area contributed by atoms with Crippen molar-refractivity contribution < 1.29 is 9.53 Å². The normalized spacial score (nSPS) is 11.2. The monoisotopic (exact) mass is 263 g/mol. The van der Waals surface area contributed by atoms with Gasteiger partial charge in [0.25, 0.3) is 0 Å². The lowest BCUT2D eigenvalue weighted by atomic mass is 10.1. The Bertz CT molecular complexity index is 147. The van der Waals surface area contributed by atoms with E-state index in [1.807, 2.05) is 0 Å². The number of rotatable bonds is 5. The highest BCUT2D eigenvalue weighted by atomic mass is 35.5. The van der Waals surface area contributed by atoms with Crippen molar-refractivity contribution in [1.29, 1.82) is 0 Å². The summed E-state index contributed by atoms with van der Waals surface area (Å²) in [6.45, 7) is 4.61. The van der Waals surface area contributed by atoms with E-state index in [9.17, 15) is 4.79 Å². The van der Waals surface area contributed by atoms with Crippen LogP contribution in [0.2, 0.25) is 0 Å². The molecule has 0 amide bonds. The molecule has 88 valence electrons. The van der Waals surface area contributed by atoms with Crippen LogP contribution in [0.15, 0.2) is 0 Å². The Morgan fingerprint density at radius 1 is 1.43 bits per heavy atom. The predicted octanol–water partition coefficient (Wildman–Crippen LogP) is 1.68. The number of hydrogen-bond donors (Lipinski definition) is 2. The molecule has 3 nitrogen and oxygen atoms in total. The van der Waals surface area contributed by atoms with E-state index < -0.39 is 6.04 Å². The topological polar surface area (TPSA) is 52.3 Å². The van der Waals surface area contributed by atoms with Crippen LogP contribution in [0.1, 0.15) is 20.3 Å². The third-order valence-electron chi connectivity index (χ3n) is 1.44. The van der Waals surface area contributed by atoms with Gasteiger partial charge in [-0.1, -0.05) is 13.8 Å². The first-order chi connectivity index (χ1) is 5.57. The van der Waals surface area contributed by atoms with Crippen molar-refractivity contribution >= 4 is 43.4 Å². The van der Waals surface area contributed by atoms with Crippen molar-refractivity contribution in [3.63, 3.8) is 0 Å². The number of carbonyl (C=O) groups excluding carboxylic acids is 1. The molecule has 6 heteroatoms. The Balaban J connectivity index is -0.000000605. The van der Waals surface area contributed by atoms with Gasteiger partial charge in [-0.2, -0.15) is 12.6 Å². The highest BCUT2D eigenvalue weighted by molar-refractivity contribution is 7.80. The highest BCUT2D eigenvalue weighted by Gasteiger charge is 2.12. The minimum absolute atomic E-state index is 0. The van der Waals surface area contributed by atoms with Gasteiger partial charge < -0.3 is 10.5 Å². The summed E-state index contributed by atoms with van der Waals surface area (Å²) in [6, 6.07) is -0.583. The summed E-state index contributed by atoms with van der Waals surface area (Å²) in [5.41, 5.74) is 5.38. The molecule has 0 spiro atoms. The number of halogens is 2. The molecule has 0 aliphatic heterocycles. The lowest BCUT2D eigenvalue weighted by Crippen LogP contribution is -2.34. The fourth-order valence-corrected chi connectivity index (χ4v) is 0.726. The minimum atomic E-state index is -0.583. The van der Waals surface area contributed by atoms with Crippen molar-refractivity contribution in [2.24, 2.45) is 11.7 Å². The summed E-state index contributed by atoms with van der Waals surface area (Å²) in [6.07, 6.45) is 0.880. The molecule has 0 fully saturated rings. The zero-order valence-corrected chi connectivity index (χ0v) is 11.0. The summed E-state index contributed by atoms with van der Waals surface area (Å²) >= 11 is 3.89. The van der Waals surface area contributed by atoms with Crippen LogP contribution in [-0.2, 0) is 9.53 Å². The molecule has 0 bridgehead atoms. The van der Waals surface area contributed by atoms with Crippen LogP contribution in [0.4, 0.5) is 0 Å². The van der Waals surface area contributed by atoms with Gasteiger partial charge in [-0.15, -0.1) is 24.8 Å². The van der Waals surface area contributed by atoms with Gasteiger partial charge >= 0.3 is 5.97 Å². The first-order valence-electron chi connectivity index (χ1n) is 4.11. The van der Waals surface area contributed by atoms with E-state index >= 15 is 0 Å². The minimum Gasteiger partial charge on any atom is -0.465 e. The van der Waals surface area contributed by atoms with E-state index in [-0.39, 0.29) is 30.8 Å². The molecule has 0 radical (unpaired) electrons. The van der Waals surface area contributed by atoms with Crippen LogP contribution in [0.3, 0.4) is 0 Å². The van der Waals surface area contributed by atoms with Gasteiger partial charge in [0.05, 0.1) is 6.61 Å². The molecule has 0 unspecified atom stereocenters. The highest BCUT2D eigenvalue weighted by Crippen LogP contribution is 1.99. The van der Waals surface area contributed by atoms with E-state index in [1.54, 1.807) is 0 Å². The summed E-state index contributed by atoms with van der Waals surface area (Å²) < 4.78 is 4.89. The standard InChI is InChI=1S/C8H17NO2S.2ClH/c1-6(2)3-4-11-8(10)7(9)5-12;;/h6-7,12H,3-5,9H2,1-2H3;2*1H/t7-;;/m0../s1. The average Bonchev–Trinajstić information content (AvgIpc) is 2.02. The molecule has 1 atom stereocenters. The number of thiol groups is 1. The maximum atomic E-state index is 11.0. The van der Waals surface area contributed by atoms with E-state index in [0.717, 1.165) is 6.42 Å². The van der Waals surface area contributed by atoms with Crippen molar-refractivity contribution in [2.45, 2.75) is 26.3 Å². The number of carbonyl (C=O) groups is 1. The Kier molecular flexibility index (Phi) is 16.2. The number of nitrogens with two attached hydrogens (primary N) is 1. The molecular formula is C8H19Cl2NO2S. The molecule has 0 aliphatic carbocycles. The lowest BCUT2D eigenvalue weighted by Gasteiger charge is -2.09. The average molecular weight is 264 g/mol. The molecule has 2 N–H and O–H groups in total. The molecule has 0 rings (SSSR count). The summed E-state index contributed by atoms with van der Waals surface area (Å²) in [4.78, 5) is 11.0. The van der Waals surface area contributed by atoms with E-state index in [2.05, 4.69) is 26.5 Å². The summed E-state index contributed by atoms with van der Waals surface area (Å²) in [5.74, 6) is 0.524. The molecular weight excluding hydrogens is 245 g/mol. The Labute approximate surface area is 103 Å². The van der Waals surface area contributed by atoms with Crippen LogP contribution >= 0.6 is 37.4 Å². The zero-order chi connectivity index (χ0) is 9.56. The van der Waals surface area contributed by atoms with Gasteiger partial charge in [-0.3, -0.25) is 4.79 Å². The van der Waals surface area contributed by atoms with Gasteiger partial charge in [0.2, 0.25) is 0 Å². The number of esters is 1. The van der Waals surface area contributed by atoms with Crippen LogP contribution < -0.4 is 5.73 Å². The van der Waals surface area contributed by atoms with Gasteiger partial charge in [0, 0.05) is 5.75 Å². The molecule has 0 saturated heterocycles. The van der Waals surface area contributed by atoms with Crippen LogP contribution in [0.25, 0.3) is 0 Å². The first-order valence-corrected chi connectivity index (χ1v) is 4.74. The maximum Gasteiger partial charge on any atom is 0.323 e. The van der Waals surface area contributed by atoms with Crippen LogP contribution in [0.5, 0.6) is 0 Å². The molecule has 0 aromatic rings. The Morgan fingerprint density at radius 2 is 1.93 bits per heavy atom. The molecule has 0 aromatic heterocycles. The van der Waals surface area contributed by atoms with Crippen LogP contribution in [-0.4, -0.2) is 24.4 Å². The van der Waals surface area contributed by atoms with Crippen molar-refractivity contribution in [2.75, 3.05) is 12.4 Å². The molecule has 0 aromatic carbocycles. The molecule has 14 heavy (non-hydrogen) atoms. The van der Waals surface area contributed by atoms with Crippen molar-refractivity contribution in [3.05, 3.63) is 0 Å². The van der Waals surface area contributed by atoms with Gasteiger partial charge in [0.15, 0.2) is 0 Å². The second kappa shape index (κ2) is 11.4. The predicted molar refractivity (Wildman–Crippen MR) is 66.7 cm³/mol. The van der Waals surface area contributed by atoms with Gasteiger partial charge in [0.1, 0.15) is 6.04 Å². The smallest absolute Gasteiger partial charge is 0.323 e.